The van der Waals surface area contributed by atoms with Gasteiger partial charge in [-0.2, -0.15) is 17.7 Å². The van der Waals surface area contributed by atoms with Crippen molar-refractivity contribution in [1.29, 1.82) is 0 Å². The van der Waals surface area contributed by atoms with E-state index in [0.717, 1.165) is 11.1 Å². The Morgan fingerprint density at radius 1 is 1.14 bits per heavy atom. The highest BCUT2D eigenvalue weighted by molar-refractivity contribution is 5.86. The molecule has 1 N–H and O–H groups in total. The van der Waals surface area contributed by atoms with E-state index in [1.807, 2.05) is 31.2 Å². The Morgan fingerprint density at radius 2 is 1.89 bits per heavy atom. The summed E-state index contributed by atoms with van der Waals surface area (Å²) in [5.41, 5.74) is 2.15. The largest absolute Gasteiger partial charge is 0.453 e. The first-order valence-corrected chi connectivity index (χ1v) is 8.72. The summed E-state index contributed by atoms with van der Waals surface area (Å²) in [5.74, 6) is -1.15. The highest BCUT2D eigenvalue weighted by Gasteiger charge is 2.38. The van der Waals surface area contributed by atoms with E-state index in [-0.39, 0.29) is 17.4 Å². The number of fused-ring (bicyclic) bond motifs is 1. The summed E-state index contributed by atoms with van der Waals surface area (Å²) in [7, 11) is 0. The average molecular weight is 390 g/mol. The Morgan fingerprint density at radius 3 is 2.61 bits per heavy atom. The molecule has 1 aliphatic heterocycles. The number of benzene rings is 1. The van der Waals surface area contributed by atoms with Crippen LogP contribution in [0, 0.1) is 6.92 Å². The lowest BCUT2D eigenvalue weighted by atomic mass is 10.1. The lowest BCUT2D eigenvalue weighted by Gasteiger charge is -2.17. The predicted octanol–water partition coefficient (Wildman–Crippen LogP) is 2.66. The third kappa shape index (κ3) is 3.49. The maximum Gasteiger partial charge on any atom is 0.453 e. The van der Waals surface area contributed by atoms with E-state index in [0.29, 0.717) is 24.0 Å². The van der Waals surface area contributed by atoms with Crippen molar-refractivity contribution in [3.63, 3.8) is 0 Å². The van der Waals surface area contributed by atoms with Crippen LogP contribution in [0.15, 0.2) is 36.4 Å². The van der Waals surface area contributed by atoms with Crippen LogP contribution in [0.3, 0.4) is 0 Å². The number of carbonyl (C=O) groups excluding carboxylic acids is 1. The number of alkyl halides is 3. The monoisotopic (exact) mass is 390 g/mol. The van der Waals surface area contributed by atoms with Crippen molar-refractivity contribution < 1.29 is 18.0 Å². The van der Waals surface area contributed by atoms with E-state index in [2.05, 4.69) is 20.6 Å². The van der Waals surface area contributed by atoms with Gasteiger partial charge in [0.1, 0.15) is 11.9 Å². The van der Waals surface area contributed by atoms with Gasteiger partial charge in [-0.15, -0.1) is 15.3 Å². The number of hydrogen-bond donors (Lipinski definition) is 1. The normalized spacial score (nSPS) is 17.5. The number of hydrogen-bond acceptors (Lipinski definition) is 5. The quantitative estimate of drug-likeness (QED) is 0.741. The van der Waals surface area contributed by atoms with Gasteiger partial charge < -0.3 is 10.2 Å². The van der Waals surface area contributed by atoms with Gasteiger partial charge in [0, 0.05) is 13.1 Å². The van der Waals surface area contributed by atoms with Crippen molar-refractivity contribution in [3.8, 4) is 0 Å². The Balaban J connectivity index is 1.48. The van der Waals surface area contributed by atoms with Crippen molar-refractivity contribution in [2.24, 2.45) is 0 Å². The highest BCUT2D eigenvalue weighted by Crippen LogP contribution is 2.28. The number of anilines is 1. The molecule has 3 heterocycles. The molecule has 3 aromatic rings. The molecular weight excluding hydrogens is 373 g/mol. The number of likely N-dealkylation sites (tertiary alicyclic amines) is 1. The van der Waals surface area contributed by atoms with E-state index in [1.54, 1.807) is 4.90 Å². The lowest BCUT2D eigenvalue weighted by Crippen LogP contribution is -2.33. The molecule has 2 aromatic heterocycles. The molecule has 0 aliphatic carbocycles. The predicted molar refractivity (Wildman–Crippen MR) is 94.4 cm³/mol. The minimum Gasteiger partial charge on any atom is -0.357 e. The summed E-state index contributed by atoms with van der Waals surface area (Å²) in [4.78, 5) is 14.4. The van der Waals surface area contributed by atoms with Crippen molar-refractivity contribution in [3.05, 3.63) is 53.3 Å². The van der Waals surface area contributed by atoms with Crippen LogP contribution >= 0.6 is 0 Å². The molecule has 0 radical (unpaired) electrons. The number of aryl methyl sites for hydroxylation is 1. The molecule has 7 nitrogen and oxygen atoms in total. The van der Waals surface area contributed by atoms with Crippen LogP contribution in [0.4, 0.5) is 19.0 Å². The van der Waals surface area contributed by atoms with Gasteiger partial charge in [-0.1, -0.05) is 29.8 Å². The Bertz CT molecular complexity index is 1010. The van der Waals surface area contributed by atoms with Crippen molar-refractivity contribution in [1.82, 2.24) is 24.7 Å². The zero-order chi connectivity index (χ0) is 19.9. The topological polar surface area (TPSA) is 75.4 Å². The van der Waals surface area contributed by atoms with Gasteiger partial charge in [0.25, 0.3) is 5.82 Å². The second-order valence-electron chi connectivity index (χ2n) is 6.74. The molecule has 0 bridgehead atoms. The fourth-order valence-electron chi connectivity index (χ4n) is 3.16. The van der Waals surface area contributed by atoms with Gasteiger partial charge in [-0.05, 0) is 31.0 Å². The molecular formula is C18H17F3N6O. The smallest absolute Gasteiger partial charge is 0.357 e. The first-order chi connectivity index (χ1) is 13.3. The number of amides is 1. The first-order valence-electron chi connectivity index (χ1n) is 8.72. The molecule has 28 heavy (non-hydrogen) atoms. The van der Waals surface area contributed by atoms with Gasteiger partial charge in [0.2, 0.25) is 5.91 Å². The summed E-state index contributed by atoms with van der Waals surface area (Å²) in [6.45, 7) is 3.05. The number of halogens is 3. The fraction of sp³-hybridized carbons (Fsp3) is 0.333. The molecule has 0 saturated carbocycles. The molecule has 4 rings (SSSR count). The molecule has 146 valence electrons. The van der Waals surface area contributed by atoms with Crippen LogP contribution in [0.5, 0.6) is 0 Å². The van der Waals surface area contributed by atoms with Crippen LogP contribution in [0.25, 0.3) is 5.65 Å². The number of nitrogens with zero attached hydrogens (tertiary/aromatic N) is 5. The van der Waals surface area contributed by atoms with E-state index in [4.69, 9.17) is 0 Å². The molecule has 1 aliphatic rings. The summed E-state index contributed by atoms with van der Waals surface area (Å²) in [5, 5.41) is 13.4. The van der Waals surface area contributed by atoms with Crippen LogP contribution in [-0.4, -0.2) is 43.2 Å². The highest BCUT2D eigenvalue weighted by atomic mass is 19.4. The average Bonchev–Trinajstić information content (AvgIpc) is 3.22. The van der Waals surface area contributed by atoms with Gasteiger partial charge >= 0.3 is 6.18 Å². The van der Waals surface area contributed by atoms with Gasteiger partial charge in [-0.3, -0.25) is 4.79 Å². The number of carbonyl (C=O) groups is 1. The second-order valence-corrected chi connectivity index (χ2v) is 6.74. The standard InChI is InChI=1S/C18H17F3N6O/c1-11-2-4-12(5-3-11)10-26-9-8-13(16(26)28)22-14-6-7-15-23-24-17(18(19,20)21)27(15)25-14/h2-7,13H,8-10H2,1H3,(H,22,25). The SMILES string of the molecule is Cc1ccc(CN2CCC(Nc3ccc4nnc(C(F)(F)F)n4n3)C2=O)cc1. The molecule has 1 amide bonds. The van der Waals surface area contributed by atoms with E-state index < -0.39 is 18.0 Å². The number of aromatic nitrogens is 4. The van der Waals surface area contributed by atoms with Crippen LogP contribution in [-0.2, 0) is 17.5 Å². The maximum atomic E-state index is 13.0. The number of nitrogens with one attached hydrogen (secondary N) is 1. The van der Waals surface area contributed by atoms with Gasteiger partial charge in [-0.25, -0.2) is 0 Å². The minimum atomic E-state index is -4.67. The van der Waals surface area contributed by atoms with Crippen LogP contribution in [0.1, 0.15) is 23.4 Å². The minimum absolute atomic E-state index is 0.0170. The molecule has 1 atom stereocenters. The third-order valence-corrected chi connectivity index (χ3v) is 4.63. The fourth-order valence-corrected chi connectivity index (χ4v) is 3.16. The Labute approximate surface area is 158 Å². The van der Waals surface area contributed by atoms with E-state index in [1.165, 1.54) is 12.1 Å². The van der Waals surface area contributed by atoms with Crippen molar-refractivity contribution >= 4 is 17.4 Å². The summed E-state index contributed by atoms with van der Waals surface area (Å²) in [6.07, 6.45) is -4.13. The zero-order valence-electron chi connectivity index (χ0n) is 14.9. The van der Waals surface area contributed by atoms with Crippen molar-refractivity contribution in [2.75, 3.05) is 11.9 Å². The van der Waals surface area contributed by atoms with E-state index in [9.17, 15) is 18.0 Å². The first kappa shape index (κ1) is 18.2. The zero-order valence-corrected chi connectivity index (χ0v) is 14.9. The molecule has 1 saturated heterocycles. The molecule has 10 heteroatoms. The van der Waals surface area contributed by atoms with Crippen LogP contribution < -0.4 is 5.32 Å². The van der Waals surface area contributed by atoms with Crippen molar-refractivity contribution in [2.45, 2.75) is 32.1 Å². The Kier molecular flexibility index (Phi) is 4.40. The third-order valence-electron chi connectivity index (χ3n) is 4.63. The summed E-state index contributed by atoms with van der Waals surface area (Å²) < 4.78 is 39.6. The summed E-state index contributed by atoms with van der Waals surface area (Å²) in [6, 6.07) is 10.2. The lowest BCUT2D eigenvalue weighted by molar-refractivity contribution is -0.146. The van der Waals surface area contributed by atoms with E-state index >= 15 is 0 Å². The molecule has 1 aromatic carbocycles. The van der Waals surface area contributed by atoms with Gasteiger partial charge in [0.15, 0.2) is 5.65 Å². The summed E-state index contributed by atoms with van der Waals surface area (Å²) >= 11 is 0. The Hall–Kier alpha value is -3.17. The van der Waals surface area contributed by atoms with Gasteiger partial charge in [0.05, 0.1) is 0 Å². The molecule has 1 fully saturated rings. The molecule has 1 unspecified atom stereocenters. The maximum absolute atomic E-state index is 13.0. The number of rotatable bonds is 4. The van der Waals surface area contributed by atoms with Crippen LogP contribution in [0.2, 0.25) is 0 Å². The second kappa shape index (κ2) is 6.77. The molecule has 0 spiro atoms.